The van der Waals surface area contributed by atoms with Gasteiger partial charge in [0, 0.05) is 18.3 Å². The van der Waals surface area contributed by atoms with Crippen LogP contribution in [0.5, 0.6) is 5.88 Å². The van der Waals surface area contributed by atoms with Crippen molar-refractivity contribution in [3.05, 3.63) is 48.3 Å². The minimum atomic E-state index is -0.653. The Bertz CT molecular complexity index is 1080. The number of pyridine rings is 2. The van der Waals surface area contributed by atoms with Crippen LogP contribution in [0.4, 0.5) is 15.9 Å². The molecule has 1 aliphatic rings. The number of anilines is 2. The van der Waals surface area contributed by atoms with Gasteiger partial charge in [0.15, 0.2) is 11.5 Å². The van der Waals surface area contributed by atoms with Gasteiger partial charge in [-0.05, 0) is 25.0 Å². The first kappa shape index (κ1) is 21.6. The number of methoxy groups -OCH3 is 1. The highest BCUT2D eigenvalue weighted by atomic mass is 19.1. The van der Waals surface area contributed by atoms with E-state index in [1.165, 1.54) is 47.7 Å². The van der Waals surface area contributed by atoms with Crippen molar-refractivity contribution < 1.29 is 13.9 Å². The third-order valence-corrected chi connectivity index (χ3v) is 5.40. The topological polar surface area (TPSA) is 150 Å². The monoisotopic (exact) mass is 441 g/mol. The molecule has 0 radical (unpaired) electrons. The maximum absolute atomic E-state index is 15.9. The third kappa shape index (κ3) is 4.22. The van der Waals surface area contributed by atoms with Gasteiger partial charge in [0.1, 0.15) is 11.5 Å². The number of halogens is 1. The summed E-state index contributed by atoms with van der Waals surface area (Å²) in [4.78, 5) is 20.0. The molecule has 0 aromatic carbocycles. The Hall–Kier alpha value is -3.64. The molecule has 3 aromatic rings. The predicted octanol–water partition coefficient (Wildman–Crippen LogP) is 1.22. The van der Waals surface area contributed by atoms with Gasteiger partial charge < -0.3 is 16.2 Å². The molecule has 0 aliphatic heterocycles. The Morgan fingerprint density at radius 1 is 1.28 bits per heavy atom. The van der Waals surface area contributed by atoms with Crippen molar-refractivity contribution >= 4 is 17.4 Å². The highest BCUT2D eigenvalue weighted by molar-refractivity contribution is 5.92. The summed E-state index contributed by atoms with van der Waals surface area (Å²) < 4.78 is 22.3. The zero-order valence-electron chi connectivity index (χ0n) is 17.5. The summed E-state index contributed by atoms with van der Waals surface area (Å²) in [6.07, 6.45) is 9.29. The van der Waals surface area contributed by atoms with Gasteiger partial charge in [-0.1, -0.05) is 18.1 Å². The van der Waals surface area contributed by atoms with Gasteiger partial charge in [0.05, 0.1) is 31.3 Å². The summed E-state index contributed by atoms with van der Waals surface area (Å²) in [7, 11) is 1.39. The fraction of sp³-hybridized carbons (Fsp3) is 0.350. The molecule has 3 heterocycles. The molecular weight excluding hydrogens is 417 g/mol. The number of carbonyl (C=O) groups is 1. The second kappa shape index (κ2) is 9.24. The maximum Gasteiger partial charge on any atom is 0.250 e. The normalized spacial score (nSPS) is 18.3. The van der Waals surface area contributed by atoms with Crippen LogP contribution in [0, 0.1) is 5.82 Å². The lowest BCUT2D eigenvalue weighted by Crippen LogP contribution is -2.53. The van der Waals surface area contributed by atoms with Crippen LogP contribution in [0.1, 0.15) is 36.0 Å². The van der Waals surface area contributed by atoms with Crippen molar-refractivity contribution in [2.75, 3.05) is 12.1 Å². The molecule has 0 bridgehead atoms. The molecule has 0 spiro atoms. The smallest absolute Gasteiger partial charge is 0.250 e. The van der Waals surface area contributed by atoms with E-state index in [-0.39, 0.29) is 34.9 Å². The summed E-state index contributed by atoms with van der Waals surface area (Å²) in [6.45, 7) is 0. The Balaban J connectivity index is 1.80. The molecule has 4 rings (SSSR count). The Morgan fingerprint density at radius 2 is 2.09 bits per heavy atom. The first-order valence-corrected chi connectivity index (χ1v) is 10.2. The number of hydrogen-bond acceptors (Lipinski definition) is 9. The molecule has 0 unspecified atom stereocenters. The minimum Gasteiger partial charge on any atom is -0.479 e. The Morgan fingerprint density at radius 3 is 2.72 bits per heavy atom. The number of hydrazine groups is 1. The number of nitrogens with two attached hydrogens (primary N) is 2. The number of carbonyl (C=O) groups excluding carboxylic acids is 1. The lowest BCUT2D eigenvalue weighted by Gasteiger charge is -2.35. The van der Waals surface area contributed by atoms with E-state index in [0.29, 0.717) is 5.82 Å². The summed E-state index contributed by atoms with van der Waals surface area (Å²) in [6, 6.07) is 2.87. The number of rotatable bonds is 7. The van der Waals surface area contributed by atoms with Crippen molar-refractivity contribution in [2.24, 2.45) is 11.5 Å². The van der Waals surface area contributed by atoms with E-state index in [1.54, 1.807) is 6.07 Å². The number of nitrogens with zero attached hydrogens (tertiary/aromatic N) is 6. The van der Waals surface area contributed by atoms with Crippen LogP contribution in [0.25, 0.3) is 5.69 Å². The molecule has 3 aromatic heterocycles. The van der Waals surface area contributed by atoms with Gasteiger partial charge in [-0.25, -0.2) is 24.5 Å². The number of nitrogens with one attached hydrogen (secondary N) is 1. The number of ether oxygens (including phenoxy) is 1. The third-order valence-electron chi connectivity index (χ3n) is 5.40. The van der Waals surface area contributed by atoms with Crippen LogP contribution in [-0.4, -0.2) is 50.1 Å². The molecule has 11 nitrogen and oxygen atoms in total. The first-order valence-electron chi connectivity index (χ1n) is 10.2. The molecular formula is C20H24FN9O2. The molecule has 1 saturated carbocycles. The first-order chi connectivity index (χ1) is 15.5. The summed E-state index contributed by atoms with van der Waals surface area (Å²) >= 11 is 0. The van der Waals surface area contributed by atoms with Crippen molar-refractivity contribution in [1.82, 2.24) is 30.4 Å². The van der Waals surface area contributed by atoms with Crippen LogP contribution in [-0.2, 0) is 0 Å². The zero-order valence-corrected chi connectivity index (χ0v) is 17.5. The van der Waals surface area contributed by atoms with Crippen molar-refractivity contribution in [1.29, 1.82) is 0 Å². The molecule has 1 fully saturated rings. The van der Waals surface area contributed by atoms with E-state index in [2.05, 4.69) is 25.7 Å². The van der Waals surface area contributed by atoms with Crippen molar-refractivity contribution in [3.8, 4) is 11.6 Å². The van der Waals surface area contributed by atoms with E-state index >= 15 is 4.39 Å². The van der Waals surface area contributed by atoms with Crippen LogP contribution in [0.3, 0.4) is 0 Å². The van der Waals surface area contributed by atoms with Gasteiger partial charge >= 0.3 is 0 Å². The average Bonchev–Trinajstić information content (AvgIpc) is 3.33. The highest BCUT2D eigenvalue weighted by Crippen LogP contribution is 2.33. The second-order valence-electron chi connectivity index (χ2n) is 7.45. The molecule has 5 N–H and O–H groups in total. The van der Waals surface area contributed by atoms with Crippen LogP contribution in [0.15, 0.2) is 36.9 Å². The van der Waals surface area contributed by atoms with E-state index < -0.39 is 11.7 Å². The van der Waals surface area contributed by atoms with Gasteiger partial charge in [0.2, 0.25) is 11.8 Å². The number of primary amides is 1. The number of amides is 1. The van der Waals surface area contributed by atoms with E-state index in [4.69, 9.17) is 16.2 Å². The second-order valence-corrected chi connectivity index (χ2v) is 7.45. The van der Waals surface area contributed by atoms with Crippen molar-refractivity contribution in [2.45, 2.75) is 37.8 Å². The molecule has 168 valence electrons. The van der Waals surface area contributed by atoms with Gasteiger partial charge in [0.25, 0.3) is 0 Å². The molecule has 32 heavy (non-hydrogen) atoms. The van der Waals surface area contributed by atoms with Crippen molar-refractivity contribution in [3.63, 3.8) is 0 Å². The maximum atomic E-state index is 15.9. The molecule has 1 amide bonds. The lowest BCUT2D eigenvalue weighted by atomic mass is 9.91. The fourth-order valence-electron chi connectivity index (χ4n) is 3.69. The van der Waals surface area contributed by atoms with E-state index in [9.17, 15) is 4.79 Å². The van der Waals surface area contributed by atoms with Crippen LogP contribution in [0.2, 0.25) is 0 Å². The average molecular weight is 441 g/mol. The van der Waals surface area contributed by atoms with E-state index in [0.717, 1.165) is 25.7 Å². The highest BCUT2D eigenvalue weighted by Gasteiger charge is 2.29. The van der Waals surface area contributed by atoms with E-state index in [1.807, 2.05) is 0 Å². The minimum absolute atomic E-state index is 0.00370. The predicted molar refractivity (Wildman–Crippen MR) is 114 cm³/mol. The molecule has 1 aliphatic carbocycles. The Kier molecular flexibility index (Phi) is 6.23. The number of aromatic nitrogens is 5. The zero-order chi connectivity index (χ0) is 22.7. The Labute approximate surface area is 183 Å². The summed E-state index contributed by atoms with van der Waals surface area (Å²) in [5.41, 5.74) is 15.3. The molecule has 12 heteroatoms. The van der Waals surface area contributed by atoms with Crippen LogP contribution < -0.4 is 26.6 Å². The van der Waals surface area contributed by atoms with Crippen LogP contribution >= 0.6 is 0 Å². The lowest BCUT2D eigenvalue weighted by molar-refractivity contribution is 0.1000. The standard InChI is InChI=1S/C20H24FN9O2/c1-32-20-18(29-9-8-26-28-29)17(21)15(11-25-20)30(27-14-5-3-2-4-13(14)22)16-7-6-12(10-24-16)19(23)31/h6-11,13-14,27H,2-5,22H2,1H3,(H2,23,31)/t13-,14+/m0/s1. The van der Waals surface area contributed by atoms with Gasteiger partial charge in [-0.15, -0.1) is 5.10 Å². The molecule has 2 atom stereocenters. The summed E-state index contributed by atoms with van der Waals surface area (Å²) in [5.74, 6) is -0.880. The SMILES string of the molecule is COc1ncc(N(N[C@@H]2CCCC[C@@H]2N)c2ccc(C(N)=O)cn2)c(F)c1-n1ccnn1. The molecule has 0 saturated heterocycles. The van der Waals surface area contributed by atoms with Gasteiger partial charge in [-0.3, -0.25) is 9.80 Å². The van der Waals surface area contributed by atoms with Gasteiger partial charge in [-0.2, -0.15) is 0 Å². The quantitative estimate of drug-likeness (QED) is 0.460. The largest absolute Gasteiger partial charge is 0.479 e. The number of hydrogen-bond donors (Lipinski definition) is 3. The fourth-order valence-corrected chi connectivity index (χ4v) is 3.69. The summed E-state index contributed by atoms with van der Waals surface area (Å²) in [5, 5.41) is 9.08.